The molecule has 7 heteroatoms. The van der Waals surface area contributed by atoms with Gasteiger partial charge in [-0.3, -0.25) is 0 Å². The third kappa shape index (κ3) is 4.89. The van der Waals surface area contributed by atoms with Gasteiger partial charge in [-0.15, -0.1) is 0 Å². The minimum absolute atomic E-state index is 0.0771. The molecule has 2 aromatic carbocycles. The average Bonchev–Trinajstić information content (AvgIpc) is 2.53. The molecule has 0 aliphatic rings. The number of carbonyl (C=O) groups excluding carboxylic acids is 1. The molecule has 0 aliphatic heterocycles. The molecule has 2 amide bonds. The monoisotopic (exact) mass is 356 g/mol. The lowest BCUT2D eigenvalue weighted by Crippen LogP contribution is -2.32. The third-order valence-corrected chi connectivity index (χ3v) is 3.69. The quantitative estimate of drug-likeness (QED) is 0.732. The van der Waals surface area contributed by atoms with Crippen molar-refractivity contribution < 1.29 is 18.0 Å². The number of urea groups is 1. The van der Waals surface area contributed by atoms with E-state index >= 15 is 0 Å². The van der Waals surface area contributed by atoms with E-state index in [2.05, 4.69) is 10.6 Å². The molecule has 1 atom stereocenters. The van der Waals surface area contributed by atoms with Gasteiger partial charge >= 0.3 is 12.2 Å². The lowest BCUT2D eigenvalue weighted by molar-refractivity contribution is -0.137. The highest BCUT2D eigenvalue weighted by Gasteiger charge is 2.30. The lowest BCUT2D eigenvalue weighted by Gasteiger charge is -2.18. The largest absolute Gasteiger partial charge is 0.416 e. The van der Waals surface area contributed by atoms with Crippen molar-refractivity contribution in [3.8, 4) is 0 Å². The highest BCUT2D eigenvalue weighted by molar-refractivity contribution is 6.30. The Morgan fingerprint density at radius 2 is 1.83 bits per heavy atom. The Morgan fingerprint density at radius 1 is 1.17 bits per heavy atom. The van der Waals surface area contributed by atoms with Crippen molar-refractivity contribution in [3.05, 3.63) is 64.7 Å². The molecule has 128 valence electrons. The summed E-state index contributed by atoms with van der Waals surface area (Å²) in [5.74, 6) is 0. The summed E-state index contributed by atoms with van der Waals surface area (Å²) in [5.41, 5.74) is 0.124. The van der Waals surface area contributed by atoms with Crippen LogP contribution < -0.4 is 10.6 Å². The molecule has 0 bridgehead atoms. The van der Waals surface area contributed by atoms with Gasteiger partial charge in [0.15, 0.2) is 0 Å². The van der Waals surface area contributed by atoms with Crippen molar-refractivity contribution in [2.45, 2.75) is 25.6 Å². The zero-order chi connectivity index (χ0) is 17.7. The van der Waals surface area contributed by atoms with Gasteiger partial charge in [0.1, 0.15) is 0 Å². The maximum absolute atomic E-state index is 12.7. The number of amides is 2. The lowest BCUT2D eigenvalue weighted by atomic mass is 10.1. The van der Waals surface area contributed by atoms with Crippen LogP contribution in [0.25, 0.3) is 0 Å². The van der Waals surface area contributed by atoms with Crippen molar-refractivity contribution in [1.82, 2.24) is 5.32 Å². The predicted molar refractivity (Wildman–Crippen MR) is 88.1 cm³/mol. The highest BCUT2D eigenvalue weighted by Crippen LogP contribution is 2.30. The second-order valence-electron chi connectivity index (χ2n) is 5.19. The van der Waals surface area contributed by atoms with Crippen molar-refractivity contribution in [2.75, 3.05) is 5.32 Å². The number of hydrogen-bond donors (Lipinski definition) is 2. The number of benzene rings is 2. The summed E-state index contributed by atoms with van der Waals surface area (Å²) in [6.07, 6.45) is -3.83. The van der Waals surface area contributed by atoms with Gasteiger partial charge in [-0.1, -0.05) is 36.7 Å². The Morgan fingerprint density at radius 3 is 2.42 bits per heavy atom. The van der Waals surface area contributed by atoms with Crippen molar-refractivity contribution in [2.24, 2.45) is 0 Å². The van der Waals surface area contributed by atoms with Gasteiger partial charge < -0.3 is 10.6 Å². The van der Waals surface area contributed by atoms with Crippen LogP contribution in [0.5, 0.6) is 0 Å². The molecule has 0 heterocycles. The van der Waals surface area contributed by atoms with Gasteiger partial charge in [-0.2, -0.15) is 13.2 Å². The van der Waals surface area contributed by atoms with E-state index in [9.17, 15) is 18.0 Å². The Balaban J connectivity index is 2.05. The minimum atomic E-state index is -4.45. The fraction of sp³-hybridized carbons (Fsp3) is 0.235. The number of carbonyl (C=O) groups is 1. The van der Waals surface area contributed by atoms with E-state index in [4.69, 9.17) is 11.6 Å². The van der Waals surface area contributed by atoms with Crippen LogP contribution in [0.15, 0.2) is 48.5 Å². The van der Waals surface area contributed by atoms with Crippen LogP contribution in [0.4, 0.5) is 23.7 Å². The van der Waals surface area contributed by atoms with Crippen LogP contribution in [-0.2, 0) is 6.18 Å². The Hall–Kier alpha value is -2.21. The number of halogens is 4. The molecule has 0 aromatic heterocycles. The van der Waals surface area contributed by atoms with Crippen molar-refractivity contribution in [3.63, 3.8) is 0 Å². The summed E-state index contributed by atoms with van der Waals surface area (Å²) < 4.78 is 38.1. The number of hydrogen-bond acceptors (Lipinski definition) is 1. The van der Waals surface area contributed by atoms with Crippen LogP contribution in [0.2, 0.25) is 5.02 Å². The molecular formula is C17H16ClF3N2O. The van der Waals surface area contributed by atoms with Crippen LogP contribution in [0.3, 0.4) is 0 Å². The van der Waals surface area contributed by atoms with E-state index in [0.29, 0.717) is 11.4 Å². The second-order valence-corrected chi connectivity index (χ2v) is 5.63. The van der Waals surface area contributed by atoms with E-state index in [1.54, 1.807) is 24.3 Å². The summed E-state index contributed by atoms with van der Waals surface area (Å²) in [4.78, 5) is 12.1. The van der Waals surface area contributed by atoms with Gasteiger partial charge in [-0.25, -0.2) is 4.79 Å². The van der Waals surface area contributed by atoms with Gasteiger partial charge in [0.05, 0.1) is 11.6 Å². The van der Waals surface area contributed by atoms with E-state index in [-0.39, 0.29) is 11.7 Å². The predicted octanol–water partition coefficient (Wildman–Crippen LogP) is 5.63. The zero-order valence-electron chi connectivity index (χ0n) is 12.8. The molecule has 2 aromatic rings. The first-order valence-corrected chi connectivity index (χ1v) is 7.67. The van der Waals surface area contributed by atoms with Gasteiger partial charge in [-0.05, 0) is 42.3 Å². The molecular weight excluding hydrogens is 341 g/mol. The highest BCUT2D eigenvalue weighted by atomic mass is 35.5. The maximum Gasteiger partial charge on any atom is 0.416 e. The topological polar surface area (TPSA) is 41.1 Å². The fourth-order valence-electron chi connectivity index (χ4n) is 2.21. The summed E-state index contributed by atoms with van der Waals surface area (Å²) in [7, 11) is 0. The average molecular weight is 357 g/mol. The SMILES string of the molecule is CC[C@@H](NC(=O)Nc1cccc(C(F)(F)F)c1)c1ccc(Cl)cc1. The zero-order valence-corrected chi connectivity index (χ0v) is 13.6. The molecule has 0 saturated heterocycles. The molecule has 0 spiro atoms. The number of nitrogens with one attached hydrogen (secondary N) is 2. The summed E-state index contributed by atoms with van der Waals surface area (Å²) >= 11 is 5.83. The van der Waals surface area contributed by atoms with Gasteiger partial charge in [0.25, 0.3) is 0 Å². The maximum atomic E-state index is 12.7. The smallest absolute Gasteiger partial charge is 0.331 e. The first kappa shape index (κ1) is 18.1. The molecule has 0 unspecified atom stereocenters. The molecule has 24 heavy (non-hydrogen) atoms. The van der Waals surface area contributed by atoms with E-state index in [1.165, 1.54) is 12.1 Å². The first-order chi connectivity index (χ1) is 11.3. The first-order valence-electron chi connectivity index (χ1n) is 7.30. The second kappa shape index (κ2) is 7.57. The van der Waals surface area contributed by atoms with Crippen molar-refractivity contribution >= 4 is 23.3 Å². The van der Waals surface area contributed by atoms with E-state index in [1.807, 2.05) is 6.92 Å². The van der Waals surface area contributed by atoms with Crippen LogP contribution >= 0.6 is 11.6 Å². The molecule has 0 saturated carbocycles. The van der Waals surface area contributed by atoms with Crippen LogP contribution in [0, 0.1) is 0 Å². The van der Waals surface area contributed by atoms with E-state index < -0.39 is 17.8 Å². The molecule has 2 N–H and O–H groups in total. The van der Waals surface area contributed by atoms with Gasteiger partial charge in [0, 0.05) is 10.7 Å². The van der Waals surface area contributed by atoms with E-state index in [0.717, 1.165) is 17.7 Å². The number of rotatable bonds is 4. The summed E-state index contributed by atoms with van der Waals surface area (Å²) in [6, 6.07) is 10.7. The molecule has 0 aliphatic carbocycles. The molecule has 0 radical (unpaired) electrons. The molecule has 2 rings (SSSR count). The fourth-order valence-corrected chi connectivity index (χ4v) is 2.34. The van der Waals surface area contributed by atoms with Crippen LogP contribution in [0.1, 0.15) is 30.5 Å². The number of alkyl halides is 3. The Bertz CT molecular complexity index is 702. The summed E-state index contributed by atoms with van der Waals surface area (Å²) in [5, 5.41) is 5.74. The third-order valence-electron chi connectivity index (χ3n) is 3.43. The summed E-state index contributed by atoms with van der Waals surface area (Å²) in [6.45, 7) is 1.89. The van der Waals surface area contributed by atoms with Crippen molar-refractivity contribution in [1.29, 1.82) is 0 Å². The Labute approximate surface area is 142 Å². The van der Waals surface area contributed by atoms with Crippen LogP contribution in [-0.4, -0.2) is 6.03 Å². The standard InChI is InChI=1S/C17H16ClF3N2O/c1-2-15(11-6-8-13(18)9-7-11)23-16(24)22-14-5-3-4-12(10-14)17(19,20)21/h3-10,15H,2H2,1H3,(H2,22,23,24)/t15-/m1/s1. The molecule has 3 nitrogen and oxygen atoms in total. The molecule has 0 fully saturated rings. The normalized spacial score (nSPS) is 12.5. The minimum Gasteiger partial charge on any atom is -0.331 e. The Kier molecular flexibility index (Phi) is 5.72. The van der Waals surface area contributed by atoms with Gasteiger partial charge in [0.2, 0.25) is 0 Å². The number of anilines is 1.